The van der Waals surface area contributed by atoms with Crippen LogP contribution >= 0.6 is 0 Å². The number of aryl methyl sites for hydroxylation is 1. The summed E-state index contributed by atoms with van der Waals surface area (Å²) in [7, 11) is -0.277. The van der Waals surface area contributed by atoms with Crippen LogP contribution in [0.5, 0.6) is 0 Å². The molecule has 0 amide bonds. The minimum absolute atomic E-state index is 0.0696. The van der Waals surface area contributed by atoms with Crippen molar-refractivity contribution in [2.75, 3.05) is 0 Å². The summed E-state index contributed by atoms with van der Waals surface area (Å²) in [5, 5.41) is 3.84. The summed E-state index contributed by atoms with van der Waals surface area (Å²) in [4.78, 5) is 0. The first kappa shape index (κ1) is 15.3. The maximum atomic E-state index is 12.8. The van der Waals surface area contributed by atoms with Gasteiger partial charge in [0.15, 0.2) is 8.32 Å². The summed E-state index contributed by atoms with van der Waals surface area (Å²) in [5.74, 6) is 0. The maximum absolute atomic E-state index is 12.8. The largest absolute Gasteiger partial charge is 0.412 e. The second-order valence-electron chi connectivity index (χ2n) is 6.06. The third-order valence-electron chi connectivity index (χ3n) is 3.54. The fourth-order valence-corrected chi connectivity index (χ4v) is 2.27. The molecule has 0 unspecified atom stereocenters. The van der Waals surface area contributed by atoms with Crippen LogP contribution in [0.15, 0.2) is 6.20 Å². The zero-order chi connectivity index (χ0) is 14.1. The summed E-state index contributed by atoms with van der Waals surface area (Å²) < 4.78 is 32.9. The Morgan fingerprint density at radius 1 is 1.39 bits per heavy atom. The van der Waals surface area contributed by atoms with E-state index in [9.17, 15) is 8.78 Å². The predicted octanol–water partition coefficient (Wildman–Crippen LogP) is 3.88. The van der Waals surface area contributed by atoms with Crippen molar-refractivity contribution in [3.63, 3.8) is 0 Å². The lowest BCUT2D eigenvalue weighted by Gasteiger charge is -2.36. The molecule has 0 saturated heterocycles. The van der Waals surface area contributed by atoms with E-state index in [1.54, 1.807) is 13.2 Å². The minimum atomic E-state index is -2.55. The molecule has 0 spiro atoms. The van der Waals surface area contributed by atoms with Crippen molar-refractivity contribution in [3.8, 4) is 0 Å². The van der Waals surface area contributed by atoms with Crippen molar-refractivity contribution in [3.05, 3.63) is 17.5 Å². The molecule has 0 aliphatic rings. The molecule has 1 aromatic rings. The normalized spacial score (nSPS) is 13.4. The van der Waals surface area contributed by atoms with Gasteiger partial charge < -0.3 is 4.43 Å². The number of hydrogen-bond donors (Lipinski definition) is 0. The molecule has 18 heavy (non-hydrogen) atoms. The van der Waals surface area contributed by atoms with Crippen LogP contribution in [0.4, 0.5) is 8.78 Å². The summed E-state index contributed by atoms with van der Waals surface area (Å²) in [5.41, 5.74) is 0.313. The number of aromatic nitrogens is 2. The van der Waals surface area contributed by atoms with Gasteiger partial charge in [0.1, 0.15) is 5.69 Å². The molecule has 1 rings (SSSR count). The summed E-state index contributed by atoms with van der Waals surface area (Å²) in [6.45, 7) is 10.8. The zero-order valence-corrected chi connectivity index (χ0v) is 12.9. The third kappa shape index (κ3) is 3.38. The lowest BCUT2D eigenvalue weighted by molar-refractivity contribution is 0.141. The molecule has 0 aliphatic heterocycles. The van der Waals surface area contributed by atoms with E-state index >= 15 is 0 Å². The Morgan fingerprint density at radius 3 is 2.39 bits per heavy atom. The standard InChI is InChI=1S/C12H22F2N2OSi/c1-12(2,3)18(5,6)17-8-9-7-16(4)15-10(9)11(13)14/h7,11H,8H2,1-6H3. The van der Waals surface area contributed by atoms with Crippen molar-refractivity contribution in [2.45, 2.75) is 51.9 Å². The molecular formula is C12H22F2N2OSi. The third-order valence-corrected chi connectivity index (χ3v) is 8.02. The highest BCUT2D eigenvalue weighted by molar-refractivity contribution is 6.74. The van der Waals surface area contributed by atoms with Gasteiger partial charge in [-0.15, -0.1) is 0 Å². The van der Waals surface area contributed by atoms with E-state index in [1.165, 1.54) is 4.68 Å². The molecule has 104 valence electrons. The SMILES string of the molecule is Cn1cc(CO[Si](C)(C)C(C)(C)C)c(C(F)F)n1. The molecule has 6 heteroatoms. The van der Waals surface area contributed by atoms with Gasteiger partial charge in [-0.05, 0) is 18.1 Å². The Morgan fingerprint density at radius 2 is 1.94 bits per heavy atom. The highest BCUT2D eigenvalue weighted by Gasteiger charge is 2.37. The molecule has 0 bridgehead atoms. The van der Waals surface area contributed by atoms with Crippen molar-refractivity contribution < 1.29 is 13.2 Å². The first-order valence-corrected chi connectivity index (χ1v) is 8.90. The lowest BCUT2D eigenvalue weighted by atomic mass is 10.2. The van der Waals surface area contributed by atoms with Gasteiger partial charge in [0.25, 0.3) is 6.43 Å². The van der Waals surface area contributed by atoms with Gasteiger partial charge in [-0.3, -0.25) is 4.68 Å². The molecule has 1 heterocycles. The molecule has 0 fully saturated rings. The molecule has 0 atom stereocenters. The van der Waals surface area contributed by atoms with E-state index in [-0.39, 0.29) is 17.3 Å². The van der Waals surface area contributed by atoms with E-state index in [4.69, 9.17) is 4.43 Å². The van der Waals surface area contributed by atoms with Crippen molar-refractivity contribution >= 4 is 8.32 Å². The molecule has 1 aromatic heterocycles. The van der Waals surface area contributed by atoms with Crippen LogP contribution < -0.4 is 0 Å². The highest BCUT2D eigenvalue weighted by Crippen LogP contribution is 2.37. The van der Waals surface area contributed by atoms with Gasteiger partial charge in [0.05, 0.1) is 6.61 Å². The second-order valence-corrected chi connectivity index (χ2v) is 10.9. The van der Waals surface area contributed by atoms with E-state index in [0.29, 0.717) is 5.56 Å². The highest BCUT2D eigenvalue weighted by atomic mass is 28.4. The average Bonchev–Trinajstić information content (AvgIpc) is 2.55. The van der Waals surface area contributed by atoms with Gasteiger partial charge in [0, 0.05) is 18.8 Å². The van der Waals surface area contributed by atoms with Gasteiger partial charge in [-0.1, -0.05) is 20.8 Å². The number of hydrogen-bond acceptors (Lipinski definition) is 2. The number of halogens is 2. The first-order chi connectivity index (χ1) is 8.04. The van der Waals surface area contributed by atoms with E-state index in [2.05, 4.69) is 39.0 Å². The predicted molar refractivity (Wildman–Crippen MR) is 70.2 cm³/mol. The molecule has 0 N–H and O–H groups in total. The monoisotopic (exact) mass is 276 g/mol. The Hall–Kier alpha value is -0.753. The van der Waals surface area contributed by atoms with Gasteiger partial charge in [-0.25, -0.2) is 8.78 Å². The van der Waals surface area contributed by atoms with Crippen LogP contribution in [0, 0.1) is 0 Å². The fourth-order valence-electron chi connectivity index (χ4n) is 1.32. The van der Waals surface area contributed by atoms with Crippen LogP contribution in [0.25, 0.3) is 0 Å². The molecule has 0 aliphatic carbocycles. The quantitative estimate of drug-likeness (QED) is 0.780. The zero-order valence-electron chi connectivity index (χ0n) is 11.9. The van der Waals surface area contributed by atoms with Crippen LogP contribution in [0.2, 0.25) is 18.1 Å². The van der Waals surface area contributed by atoms with Crippen molar-refractivity contribution in [2.24, 2.45) is 7.05 Å². The lowest BCUT2D eigenvalue weighted by Crippen LogP contribution is -2.40. The van der Waals surface area contributed by atoms with Gasteiger partial charge in [-0.2, -0.15) is 5.10 Å². The number of alkyl halides is 2. The van der Waals surface area contributed by atoms with Crippen LogP contribution in [-0.4, -0.2) is 18.1 Å². The topological polar surface area (TPSA) is 27.1 Å². The minimum Gasteiger partial charge on any atom is -0.412 e. The van der Waals surface area contributed by atoms with Gasteiger partial charge in [0.2, 0.25) is 0 Å². The van der Waals surface area contributed by atoms with Crippen LogP contribution in [0.1, 0.15) is 38.5 Å². The van der Waals surface area contributed by atoms with Crippen LogP contribution in [0.3, 0.4) is 0 Å². The van der Waals surface area contributed by atoms with Crippen molar-refractivity contribution in [1.29, 1.82) is 0 Å². The Kier molecular flexibility index (Phi) is 4.33. The maximum Gasteiger partial charge on any atom is 0.282 e. The second kappa shape index (κ2) is 5.09. The summed E-state index contributed by atoms with van der Waals surface area (Å²) in [6.07, 6.45) is -0.946. The molecule has 0 radical (unpaired) electrons. The van der Waals surface area contributed by atoms with E-state index in [1.807, 2.05) is 0 Å². The molecular weight excluding hydrogens is 254 g/mol. The Balaban J connectivity index is 2.81. The Bertz CT molecular complexity index is 411. The fraction of sp³-hybridized carbons (Fsp3) is 0.750. The van der Waals surface area contributed by atoms with E-state index < -0.39 is 14.7 Å². The summed E-state index contributed by atoms with van der Waals surface area (Å²) >= 11 is 0. The van der Waals surface area contributed by atoms with Crippen molar-refractivity contribution in [1.82, 2.24) is 9.78 Å². The van der Waals surface area contributed by atoms with Gasteiger partial charge >= 0.3 is 0 Å². The molecule has 0 aromatic carbocycles. The smallest absolute Gasteiger partial charge is 0.282 e. The Labute approximate surface area is 108 Å². The first-order valence-electron chi connectivity index (χ1n) is 5.99. The van der Waals surface area contributed by atoms with E-state index in [0.717, 1.165) is 0 Å². The number of rotatable bonds is 4. The number of nitrogens with zero attached hydrogens (tertiary/aromatic N) is 2. The van der Waals surface area contributed by atoms with Crippen LogP contribution in [-0.2, 0) is 18.1 Å². The molecule has 0 saturated carbocycles. The average molecular weight is 276 g/mol. The summed E-state index contributed by atoms with van der Waals surface area (Å²) in [6, 6.07) is 0. The molecule has 3 nitrogen and oxygen atoms in total.